The number of hydrogen-bond donors (Lipinski definition) is 2. The molecule has 6 nitrogen and oxygen atoms in total. The zero-order valence-electron chi connectivity index (χ0n) is 9.20. The third kappa shape index (κ3) is 3.34. The van der Waals surface area contributed by atoms with Crippen molar-refractivity contribution in [2.45, 2.75) is 6.42 Å². The SMILES string of the molecule is CNC(=O)CCN(C)c1nc(N)ncc1Br. The van der Waals surface area contributed by atoms with Gasteiger partial charge in [-0.25, -0.2) is 4.98 Å². The van der Waals surface area contributed by atoms with Gasteiger partial charge in [0.05, 0.1) is 4.47 Å². The van der Waals surface area contributed by atoms with Gasteiger partial charge in [-0.15, -0.1) is 0 Å². The fourth-order valence-electron chi connectivity index (χ4n) is 1.14. The maximum absolute atomic E-state index is 11.1. The summed E-state index contributed by atoms with van der Waals surface area (Å²) in [6.07, 6.45) is 2.00. The molecule has 16 heavy (non-hydrogen) atoms. The van der Waals surface area contributed by atoms with Crippen molar-refractivity contribution in [2.75, 3.05) is 31.3 Å². The predicted octanol–water partition coefficient (Wildman–Crippen LogP) is 0.394. The summed E-state index contributed by atoms with van der Waals surface area (Å²) in [7, 11) is 3.45. The largest absolute Gasteiger partial charge is 0.368 e. The van der Waals surface area contributed by atoms with Gasteiger partial charge in [0.2, 0.25) is 11.9 Å². The molecule has 0 spiro atoms. The molecule has 0 aromatic carbocycles. The molecular weight excluding hydrogens is 274 g/mol. The van der Waals surface area contributed by atoms with Crippen LogP contribution in [0.2, 0.25) is 0 Å². The highest BCUT2D eigenvalue weighted by Crippen LogP contribution is 2.22. The second-order valence-electron chi connectivity index (χ2n) is 3.24. The van der Waals surface area contributed by atoms with Crippen molar-refractivity contribution >= 4 is 33.6 Å². The highest BCUT2D eigenvalue weighted by Gasteiger charge is 2.10. The molecule has 0 aliphatic carbocycles. The van der Waals surface area contributed by atoms with Gasteiger partial charge in [0.1, 0.15) is 5.82 Å². The Morgan fingerprint density at radius 3 is 3.00 bits per heavy atom. The van der Waals surface area contributed by atoms with Gasteiger partial charge >= 0.3 is 0 Å². The van der Waals surface area contributed by atoms with Crippen LogP contribution in [-0.4, -0.2) is 36.5 Å². The zero-order valence-corrected chi connectivity index (χ0v) is 10.8. The van der Waals surface area contributed by atoms with Crippen LogP contribution in [0, 0.1) is 0 Å². The molecule has 7 heteroatoms. The van der Waals surface area contributed by atoms with Crippen molar-refractivity contribution in [3.05, 3.63) is 10.7 Å². The van der Waals surface area contributed by atoms with Crippen molar-refractivity contribution < 1.29 is 4.79 Å². The number of nitrogens with one attached hydrogen (secondary N) is 1. The molecule has 1 amide bonds. The molecular formula is C9H14BrN5O. The van der Waals surface area contributed by atoms with E-state index in [0.29, 0.717) is 18.8 Å². The first-order valence-electron chi connectivity index (χ1n) is 4.74. The predicted molar refractivity (Wildman–Crippen MR) is 66.1 cm³/mol. The number of anilines is 2. The fraction of sp³-hybridized carbons (Fsp3) is 0.444. The maximum atomic E-state index is 11.1. The molecule has 0 fully saturated rings. The quantitative estimate of drug-likeness (QED) is 0.837. The summed E-state index contributed by atoms with van der Waals surface area (Å²) in [5.41, 5.74) is 5.50. The van der Waals surface area contributed by atoms with E-state index in [9.17, 15) is 4.79 Å². The number of nitrogens with two attached hydrogens (primary N) is 1. The first kappa shape index (κ1) is 12.7. The van der Waals surface area contributed by atoms with Crippen LogP contribution in [0.25, 0.3) is 0 Å². The van der Waals surface area contributed by atoms with Gasteiger partial charge in [0, 0.05) is 33.3 Å². The highest BCUT2D eigenvalue weighted by molar-refractivity contribution is 9.10. The van der Waals surface area contributed by atoms with E-state index in [2.05, 4.69) is 31.2 Å². The summed E-state index contributed by atoms with van der Waals surface area (Å²) in [6.45, 7) is 0.564. The minimum atomic E-state index is -0.00926. The van der Waals surface area contributed by atoms with Crippen molar-refractivity contribution in [3.63, 3.8) is 0 Å². The van der Waals surface area contributed by atoms with E-state index in [-0.39, 0.29) is 11.9 Å². The zero-order chi connectivity index (χ0) is 12.1. The second-order valence-corrected chi connectivity index (χ2v) is 4.10. The number of nitrogens with zero attached hydrogens (tertiary/aromatic N) is 3. The Bertz CT molecular complexity index is 384. The standard InChI is InChI=1S/C9H14BrN5O/c1-12-7(16)3-4-15(2)8-6(10)5-13-9(11)14-8/h5H,3-4H2,1-2H3,(H,12,16)(H2,11,13,14). The summed E-state index contributed by atoms with van der Waals surface area (Å²) in [5, 5.41) is 2.56. The van der Waals surface area contributed by atoms with Gasteiger partial charge in [-0.2, -0.15) is 4.98 Å². The Morgan fingerprint density at radius 1 is 1.69 bits per heavy atom. The average Bonchev–Trinajstić information content (AvgIpc) is 2.28. The molecule has 0 aliphatic heterocycles. The van der Waals surface area contributed by atoms with Crippen LogP contribution in [0.15, 0.2) is 10.7 Å². The van der Waals surface area contributed by atoms with Crippen molar-refractivity contribution in [1.29, 1.82) is 0 Å². The Hall–Kier alpha value is -1.37. The van der Waals surface area contributed by atoms with Crippen LogP contribution in [0.3, 0.4) is 0 Å². The summed E-state index contributed by atoms with van der Waals surface area (Å²) in [5.74, 6) is 0.881. The number of hydrogen-bond acceptors (Lipinski definition) is 5. The third-order valence-electron chi connectivity index (χ3n) is 2.06. The van der Waals surface area contributed by atoms with Crippen LogP contribution in [0.4, 0.5) is 11.8 Å². The van der Waals surface area contributed by atoms with E-state index in [1.54, 1.807) is 13.2 Å². The molecule has 0 atom stereocenters. The average molecular weight is 288 g/mol. The Balaban J connectivity index is 2.68. The van der Waals surface area contributed by atoms with E-state index in [1.807, 2.05) is 11.9 Å². The molecule has 0 bridgehead atoms. The van der Waals surface area contributed by atoms with Gasteiger partial charge in [0.25, 0.3) is 0 Å². The molecule has 1 aromatic rings. The lowest BCUT2D eigenvalue weighted by Gasteiger charge is -2.18. The molecule has 1 heterocycles. The molecule has 0 unspecified atom stereocenters. The Morgan fingerprint density at radius 2 is 2.38 bits per heavy atom. The van der Waals surface area contributed by atoms with E-state index < -0.39 is 0 Å². The van der Waals surface area contributed by atoms with E-state index in [4.69, 9.17) is 5.73 Å². The van der Waals surface area contributed by atoms with Gasteiger partial charge in [0.15, 0.2) is 0 Å². The number of carbonyl (C=O) groups is 1. The molecule has 0 aliphatic rings. The number of carbonyl (C=O) groups excluding carboxylic acids is 1. The maximum Gasteiger partial charge on any atom is 0.222 e. The van der Waals surface area contributed by atoms with E-state index in [1.165, 1.54) is 0 Å². The van der Waals surface area contributed by atoms with Crippen LogP contribution < -0.4 is 16.0 Å². The normalized spacial score (nSPS) is 9.94. The lowest BCUT2D eigenvalue weighted by molar-refractivity contribution is -0.120. The lowest BCUT2D eigenvalue weighted by Crippen LogP contribution is -2.27. The number of halogens is 1. The Labute approximate surface area is 102 Å². The number of rotatable bonds is 4. The van der Waals surface area contributed by atoms with Gasteiger partial charge in [-0.3, -0.25) is 4.79 Å². The molecule has 0 saturated heterocycles. The molecule has 1 rings (SSSR count). The number of amides is 1. The molecule has 3 N–H and O–H groups in total. The fourth-order valence-corrected chi connectivity index (χ4v) is 1.63. The van der Waals surface area contributed by atoms with Crippen LogP contribution in [-0.2, 0) is 4.79 Å². The van der Waals surface area contributed by atoms with E-state index in [0.717, 1.165) is 4.47 Å². The first-order chi connectivity index (χ1) is 7.54. The molecule has 0 radical (unpaired) electrons. The minimum absolute atomic E-state index is 0.00926. The third-order valence-corrected chi connectivity index (χ3v) is 2.62. The van der Waals surface area contributed by atoms with Crippen molar-refractivity contribution in [2.24, 2.45) is 0 Å². The van der Waals surface area contributed by atoms with Gasteiger partial charge in [-0.05, 0) is 15.9 Å². The number of nitrogen functional groups attached to an aromatic ring is 1. The topological polar surface area (TPSA) is 84.1 Å². The lowest BCUT2D eigenvalue weighted by atomic mass is 10.3. The van der Waals surface area contributed by atoms with Gasteiger partial charge in [-0.1, -0.05) is 0 Å². The number of aromatic nitrogens is 2. The van der Waals surface area contributed by atoms with Crippen molar-refractivity contribution in [3.8, 4) is 0 Å². The summed E-state index contributed by atoms with van der Waals surface area (Å²) >= 11 is 3.33. The van der Waals surface area contributed by atoms with Crippen LogP contribution in [0.5, 0.6) is 0 Å². The summed E-state index contributed by atoms with van der Waals surface area (Å²) < 4.78 is 0.751. The second kappa shape index (κ2) is 5.64. The smallest absolute Gasteiger partial charge is 0.222 e. The molecule has 1 aromatic heterocycles. The Kier molecular flexibility index (Phi) is 4.48. The minimum Gasteiger partial charge on any atom is -0.368 e. The summed E-state index contributed by atoms with van der Waals surface area (Å²) in [6, 6.07) is 0. The molecule has 88 valence electrons. The monoisotopic (exact) mass is 287 g/mol. The molecule has 0 saturated carbocycles. The highest BCUT2D eigenvalue weighted by atomic mass is 79.9. The van der Waals surface area contributed by atoms with Crippen LogP contribution in [0.1, 0.15) is 6.42 Å². The summed E-state index contributed by atoms with van der Waals surface area (Å²) in [4.78, 5) is 20.9. The van der Waals surface area contributed by atoms with Gasteiger partial charge < -0.3 is 16.0 Å². The van der Waals surface area contributed by atoms with Crippen LogP contribution >= 0.6 is 15.9 Å². The van der Waals surface area contributed by atoms with E-state index >= 15 is 0 Å². The first-order valence-corrected chi connectivity index (χ1v) is 5.53. The van der Waals surface area contributed by atoms with Crippen molar-refractivity contribution in [1.82, 2.24) is 15.3 Å².